The molecule has 2 aromatic heterocycles. The summed E-state index contributed by atoms with van der Waals surface area (Å²) in [6.07, 6.45) is 5.50. The van der Waals surface area contributed by atoms with Crippen LogP contribution in [0.4, 0.5) is 0 Å². The number of carbonyl (C=O) groups is 4. The molecule has 2 amide bonds. The van der Waals surface area contributed by atoms with Crippen LogP contribution in [0.15, 0.2) is 17.8 Å². The molecular formula is C29H41N5O6S. The van der Waals surface area contributed by atoms with E-state index in [1.165, 1.54) is 25.4 Å². The van der Waals surface area contributed by atoms with Gasteiger partial charge in [-0.15, -0.1) is 11.3 Å². The zero-order valence-electron chi connectivity index (χ0n) is 24.9. The van der Waals surface area contributed by atoms with Crippen LogP contribution in [0.2, 0.25) is 0 Å². The number of hydrogen-bond acceptors (Lipinski definition) is 10. The Hall–Kier alpha value is -3.41. The van der Waals surface area contributed by atoms with E-state index in [0.717, 1.165) is 18.4 Å². The minimum Gasteiger partial charge on any atom is -0.469 e. The molecule has 1 fully saturated rings. The fourth-order valence-electron chi connectivity index (χ4n) is 4.74. The number of amides is 2. The zero-order chi connectivity index (χ0) is 30.3. The SMILES string of the molecule is COC(=O)[C@@H](C)C[C@H](Cc1ncc(C)cn1)NC(=O)c1csc([C@@H](CC(C(C)C)N(C)C(=O)C2CC2)OC(C)=O)n1. The number of methoxy groups -OCH3 is 1. The Labute approximate surface area is 245 Å². The van der Waals surface area contributed by atoms with Crippen LogP contribution in [-0.4, -0.2) is 69.8 Å². The normalized spacial score (nSPS) is 15.9. The van der Waals surface area contributed by atoms with Crippen LogP contribution in [0.25, 0.3) is 0 Å². The van der Waals surface area contributed by atoms with E-state index in [1.807, 2.05) is 20.8 Å². The molecule has 0 spiro atoms. The van der Waals surface area contributed by atoms with Crippen molar-refractivity contribution in [1.82, 2.24) is 25.2 Å². The third kappa shape index (κ3) is 9.31. The maximum atomic E-state index is 13.3. The van der Waals surface area contributed by atoms with Crippen LogP contribution in [0, 0.1) is 24.7 Å². The summed E-state index contributed by atoms with van der Waals surface area (Å²) < 4.78 is 10.5. The molecule has 2 aromatic rings. The summed E-state index contributed by atoms with van der Waals surface area (Å²) >= 11 is 1.22. The molecule has 0 radical (unpaired) electrons. The molecule has 0 saturated heterocycles. The average Bonchev–Trinajstić information content (AvgIpc) is 3.66. The van der Waals surface area contributed by atoms with E-state index >= 15 is 0 Å². The molecule has 1 saturated carbocycles. The van der Waals surface area contributed by atoms with Crippen LogP contribution < -0.4 is 5.32 Å². The lowest BCUT2D eigenvalue weighted by atomic mass is 9.96. The highest BCUT2D eigenvalue weighted by Crippen LogP contribution is 2.35. The Morgan fingerprint density at radius 3 is 2.34 bits per heavy atom. The van der Waals surface area contributed by atoms with Gasteiger partial charge in [0.1, 0.15) is 16.5 Å². The number of thiazole rings is 1. The topological polar surface area (TPSA) is 141 Å². The second kappa shape index (κ2) is 14.5. The highest BCUT2D eigenvalue weighted by atomic mass is 32.1. The third-order valence-electron chi connectivity index (χ3n) is 7.18. The number of hydrogen-bond donors (Lipinski definition) is 1. The Balaban J connectivity index is 1.77. The highest BCUT2D eigenvalue weighted by molar-refractivity contribution is 7.09. The van der Waals surface area contributed by atoms with Gasteiger partial charge in [0.2, 0.25) is 5.91 Å². The maximum absolute atomic E-state index is 13.3. The predicted octanol–water partition coefficient (Wildman–Crippen LogP) is 3.67. The van der Waals surface area contributed by atoms with Crippen molar-refractivity contribution in [2.24, 2.45) is 17.8 Å². The number of ether oxygens (including phenoxy) is 2. The van der Waals surface area contributed by atoms with Gasteiger partial charge in [-0.25, -0.2) is 15.0 Å². The van der Waals surface area contributed by atoms with Crippen molar-refractivity contribution >= 4 is 35.1 Å². The largest absolute Gasteiger partial charge is 0.469 e. The average molecular weight is 588 g/mol. The fraction of sp³-hybridized carbons (Fsp3) is 0.621. The first-order chi connectivity index (χ1) is 19.4. The molecule has 12 heteroatoms. The number of rotatable bonds is 14. The second-order valence-corrected chi connectivity index (χ2v) is 12.0. The molecule has 11 nitrogen and oxygen atoms in total. The fourth-order valence-corrected chi connectivity index (χ4v) is 5.58. The molecule has 1 N–H and O–H groups in total. The molecule has 2 heterocycles. The van der Waals surface area contributed by atoms with E-state index in [4.69, 9.17) is 9.47 Å². The smallest absolute Gasteiger partial charge is 0.308 e. The Bertz CT molecular complexity index is 1210. The Morgan fingerprint density at radius 2 is 1.78 bits per heavy atom. The molecule has 0 aliphatic heterocycles. The lowest BCUT2D eigenvalue weighted by Gasteiger charge is -2.33. The molecule has 1 aliphatic rings. The molecule has 224 valence electrons. The van der Waals surface area contributed by atoms with Gasteiger partial charge in [-0.05, 0) is 37.7 Å². The molecule has 3 rings (SSSR count). The van der Waals surface area contributed by atoms with E-state index in [2.05, 4.69) is 20.3 Å². The van der Waals surface area contributed by atoms with Gasteiger partial charge in [0.05, 0.1) is 13.0 Å². The molecule has 1 unspecified atom stereocenters. The van der Waals surface area contributed by atoms with Crippen LogP contribution in [0.3, 0.4) is 0 Å². The van der Waals surface area contributed by atoms with Crippen molar-refractivity contribution < 1.29 is 28.7 Å². The number of esters is 2. The van der Waals surface area contributed by atoms with Crippen molar-refractivity contribution in [2.45, 2.75) is 84.9 Å². The summed E-state index contributed by atoms with van der Waals surface area (Å²) in [6.45, 7) is 9.01. The number of aryl methyl sites for hydroxylation is 1. The van der Waals surface area contributed by atoms with Gasteiger partial charge in [-0.1, -0.05) is 20.8 Å². The molecule has 41 heavy (non-hydrogen) atoms. The first-order valence-corrected chi connectivity index (χ1v) is 14.8. The monoisotopic (exact) mass is 587 g/mol. The van der Waals surface area contributed by atoms with E-state index in [0.29, 0.717) is 30.1 Å². The van der Waals surface area contributed by atoms with Crippen LogP contribution >= 0.6 is 11.3 Å². The van der Waals surface area contributed by atoms with E-state index in [9.17, 15) is 19.2 Å². The Kier molecular flexibility index (Phi) is 11.3. The number of carbonyl (C=O) groups excluding carboxylic acids is 4. The molecule has 1 aliphatic carbocycles. The molecule has 4 atom stereocenters. The van der Waals surface area contributed by atoms with Gasteiger partial charge >= 0.3 is 11.9 Å². The van der Waals surface area contributed by atoms with Gasteiger partial charge in [-0.2, -0.15) is 0 Å². The second-order valence-electron chi connectivity index (χ2n) is 11.2. The standard InChI is InChI=1S/C29H41N5O6S/c1-16(2)23(34(6)28(37)20-8-9-20)12-24(40-19(5)35)27-33-22(15-41-27)26(36)32-21(10-18(4)29(38)39-7)11-25-30-13-17(3)14-31-25/h13-16,18,20-21,23-24H,8-12H2,1-7H3,(H,32,36)/t18-,21+,23?,24+/m0/s1. The van der Waals surface area contributed by atoms with Gasteiger partial charge in [-0.3, -0.25) is 19.2 Å². The Morgan fingerprint density at radius 1 is 1.12 bits per heavy atom. The highest BCUT2D eigenvalue weighted by Gasteiger charge is 2.37. The number of aromatic nitrogens is 3. The summed E-state index contributed by atoms with van der Waals surface area (Å²) in [5.41, 5.74) is 1.09. The summed E-state index contributed by atoms with van der Waals surface area (Å²) in [5, 5.41) is 5.06. The summed E-state index contributed by atoms with van der Waals surface area (Å²) in [5.74, 6) is -0.897. The summed E-state index contributed by atoms with van der Waals surface area (Å²) in [4.78, 5) is 65.2. The van der Waals surface area contributed by atoms with Gasteiger partial charge in [0, 0.05) is 62.6 Å². The number of nitrogens with zero attached hydrogens (tertiary/aromatic N) is 4. The van der Waals surface area contributed by atoms with E-state index in [-0.39, 0.29) is 35.4 Å². The lowest BCUT2D eigenvalue weighted by molar-refractivity contribution is -0.148. The van der Waals surface area contributed by atoms with Crippen molar-refractivity contribution in [2.75, 3.05) is 14.2 Å². The molecule has 0 bridgehead atoms. The quantitative estimate of drug-likeness (QED) is 0.328. The van der Waals surface area contributed by atoms with Gasteiger partial charge < -0.3 is 19.7 Å². The molecule has 0 aromatic carbocycles. The maximum Gasteiger partial charge on any atom is 0.308 e. The minimum absolute atomic E-state index is 0.0729. The third-order valence-corrected chi connectivity index (χ3v) is 8.11. The zero-order valence-corrected chi connectivity index (χ0v) is 25.7. The molecular weight excluding hydrogens is 546 g/mol. The van der Waals surface area contributed by atoms with Crippen molar-refractivity contribution in [3.63, 3.8) is 0 Å². The van der Waals surface area contributed by atoms with Crippen LogP contribution in [-0.2, 0) is 30.3 Å². The van der Waals surface area contributed by atoms with Crippen molar-refractivity contribution in [3.8, 4) is 0 Å². The number of nitrogens with one attached hydrogen (secondary N) is 1. The predicted molar refractivity (Wildman–Crippen MR) is 153 cm³/mol. The first kappa shape index (κ1) is 32.1. The minimum atomic E-state index is -0.711. The first-order valence-electron chi connectivity index (χ1n) is 13.9. The van der Waals surface area contributed by atoms with E-state index < -0.39 is 29.9 Å². The van der Waals surface area contributed by atoms with Gasteiger partial charge in [0.15, 0.2) is 6.10 Å². The van der Waals surface area contributed by atoms with E-state index in [1.54, 1.807) is 36.6 Å². The lowest BCUT2D eigenvalue weighted by Crippen LogP contribution is -2.42. The summed E-state index contributed by atoms with van der Waals surface area (Å²) in [7, 11) is 3.12. The van der Waals surface area contributed by atoms with Gasteiger partial charge in [0.25, 0.3) is 5.91 Å². The van der Waals surface area contributed by atoms with Crippen LogP contribution in [0.5, 0.6) is 0 Å². The van der Waals surface area contributed by atoms with Crippen LogP contribution in [0.1, 0.15) is 86.4 Å². The summed E-state index contributed by atoms with van der Waals surface area (Å²) in [6, 6.07) is -0.631. The van der Waals surface area contributed by atoms with Crippen molar-refractivity contribution in [1.29, 1.82) is 0 Å². The van der Waals surface area contributed by atoms with Crippen molar-refractivity contribution in [3.05, 3.63) is 39.9 Å².